The molecule has 1 N–H and O–H groups in total. The maximum atomic E-state index is 13.5. The number of rotatable bonds is 5. The first-order valence-corrected chi connectivity index (χ1v) is 7.18. The summed E-state index contributed by atoms with van der Waals surface area (Å²) < 4.78 is 18.8. The predicted molar refractivity (Wildman–Crippen MR) is 85.1 cm³/mol. The second-order valence-corrected chi connectivity index (χ2v) is 5.52. The third-order valence-electron chi connectivity index (χ3n) is 3.47. The maximum absolute atomic E-state index is 13.5. The molecule has 0 radical (unpaired) electrons. The molecular formula is C18H22FNO. The van der Waals surface area contributed by atoms with Gasteiger partial charge in [-0.25, -0.2) is 4.39 Å². The van der Waals surface area contributed by atoms with Gasteiger partial charge in [-0.1, -0.05) is 26.0 Å². The number of benzene rings is 2. The first-order valence-electron chi connectivity index (χ1n) is 7.18. The average Bonchev–Trinajstić information content (AvgIpc) is 2.45. The molecule has 2 aromatic rings. The summed E-state index contributed by atoms with van der Waals surface area (Å²) >= 11 is 0. The molecule has 0 atom stereocenters. The normalized spacial score (nSPS) is 11.0. The monoisotopic (exact) mass is 287 g/mol. The van der Waals surface area contributed by atoms with Crippen LogP contribution in [0.25, 0.3) is 11.1 Å². The fourth-order valence-corrected chi connectivity index (χ4v) is 2.35. The van der Waals surface area contributed by atoms with E-state index in [1.54, 1.807) is 13.2 Å². The van der Waals surface area contributed by atoms with E-state index in [4.69, 9.17) is 4.74 Å². The smallest absolute Gasteiger partial charge is 0.123 e. The Morgan fingerprint density at radius 2 is 1.90 bits per heavy atom. The molecule has 0 amide bonds. The second kappa shape index (κ2) is 6.72. The van der Waals surface area contributed by atoms with Gasteiger partial charge in [-0.15, -0.1) is 0 Å². The van der Waals surface area contributed by atoms with Gasteiger partial charge in [-0.2, -0.15) is 0 Å². The van der Waals surface area contributed by atoms with Gasteiger partial charge in [0.05, 0.1) is 7.11 Å². The number of methoxy groups -OCH3 is 1. The van der Waals surface area contributed by atoms with Gasteiger partial charge in [0.2, 0.25) is 0 Å². The maximum Gasteiger partial charge on any atom is 0.123 e. The Morgan fingerprint density at radius 1 is 1.14 bits per heavy atom. The number of aryl methyl sites for hydroxylation is 1. The summed E-state index contributed by atoms with van der Waals surface area (Å²) in [4.78, 5) is 0. The van der Waals surface area contributed by atoms with Crippen LogP contribution in [0.4, 0.5) is 4.39 Å². The molecule has 0 saturated heterocycles. The fraction of sp³-hybridized carbons (Fsp3) is 0.333. The SMILES string of the molecule is COc1ccc(-c2ccc(F)cc2CNC(C)C)cc1C. The summed E-state index contributed by atoms with van der Waals surface area (Å²) in [5.74, 6) is 0.659. The van der Waals surface area contributed by atoms with Gasteiger partial charge in [0.25, 0.3) is 0 Å². The zero-order valence-electron chi connectivity index (χ0n) is 13.0. The molecule has 21 heavy (non-hydrogen) atoms. The van der Waals surface area contributed by atoms with E-state index in [2.05, 4.69) is 25.2 Å². The van der Waals surface area contributed by atoms with Gasteiger partial charge in [0.1, 0.15) is 11.6 Å². The van der Waals surface area contributed by atoms with Crippen LogP contribution in [0, 0.1) is 12.7 Å². The topological polar surface area (TPSA) is 21.3 Å². The summed E-state index contributed by atoms with van der Waals surface area (Å²) in [6, 6.07) is 11.3. The van der Waals surface area contributed by atoms with E-state index in [0.29, 0.717) is 12.6 Å². The van der Waals surface area contributed by atoms with Crippen LogP contribution in [0.5, 0.6) is 5.75 Å². The molecule has 0 aliphatic heterocycles. The average molecular weight is 287 g/mol. The second-order valence-electron chi connectivity index (χ2n) is 5.52. The Labute approximate surface area is 126 Å². The number of hydrogen-bond acceptors (Lipinski definition) is 2. The van der Waals surface area contributed by atoms with Gasteiger partial charge in [0.15, 0.2) is 0 Å². The van der Waals surface area contributed by atoms with Crippen molar-refractivity contribution in [2.45, 2.75) is 33.4 Å². The minimum absolute atomic E-state index is 0.204. The molecule has 0 unspecified atom stereocenters. The lowest BCUT2D eigenvalue weighted by Gasteiger charge is -2.14. The molecule has 0 spiro atoms. The van der Waals surface area contributed by atoms with Crippen molar-refractivity contribution in [3.8, 4) is 16.9 Å². The Kier molecular flexibility index (Phi) is 4.97. The molecule has 2 nitrogen and oxygen atoms in total. The molecule has 3 heteroatoms. The Balaban J connectivity index is 2.40. The highest BCUT2D eigenvalue weighted by Crippen LogP contribution is 2.29. The van der Waals surface area contributed by atoms with Gasteiger partial charge in [-0.3, -0.25) is 0 Å². The zero-order chi connectivity index (χ0) is 15.4. The van der Waals surface area contributed by atoms with Crippen LogP contribution >= 0.6 is 0 Å². The molecule has 0 aliphatic rings. The minimum atomic E-state index is -0.204. The van der Waals surface area contributed by atoms with Gasteiger partial charge < -0.3 is 10.1 Å². The van der Waals surface area contributed by atoms with Crippen LogP contribution in [0.3, 0.4) is 0 Å². The van der Waals surface area contributed by atoms with E-state index in [1.165, 1.54) is 6.07 Å². The number of nitrogens with one attached hydrogen (secondary N) is 1. The highest BCUT2D eigenvalue weighted by molar-refractivity contribution is 5.69. The molecule has 112 valence electrons. The molecule has 0 fully saturated rings. The van der Waals surface area contributed by atoms with Crippen molar-refractivity contribution in [2.24, 2.45) is 0 Å². The molecule has 0 bridgehead atoms. The first kappa shape index (κ1) is 15.5. The Morgan fingerprint density at radius 3 is 2.52 bits per heavy atom. The predicted octanol–water partition coefficient (Wildman–Crippen LogP) is 4.31. The van der Waals surface area contributed by atoms with Crippen LogP contribution in [0.1, 0.15) is 25.0 Å². The Hall–Kier alpha value is -1.87. The lowest BCUT2D eigenvalue weighted by Crippen LogP contribution is -2.22. The summed E-state index contributed by atoms with van der Waals surface area (Å²) in [5, 5.41) is 3.34. The molecule has 2 rings (SSSR count). The molecule has 2 aromatic carbocycles. The number of ether oxygens (including phenoxy) is 1. The minimum Gasteiger partial charge on any atom is -0.496 e. The van der Waals surface area contributed by atoms with E-state index >= 15 is 0 Å². The standard InChI is InChI=1S/C18H22FNO/c1-12(2)20-11-15-10-16(19)6-7-17(15)14-5-8-18(21-4)13(3)9-14/h5-10,12,20H,11H2,1-4H3. The van der Waals surface area contributed by atoms with E-state index in [9.17, 15) is 4.39 Å². The quantitative estimate of drug-likeness (QED) is 0.885. The van der Waals surface area contributed by atoms with Crippen LogP contribution in [-0.2, 0) is 6.54 Å². The third kappa shape index (κ3) is 3.82. The van der Waals surface area contributed by atoms with Gasteiger partial charge in [-0.05, 0) is 53.4 Å². The Bertz CT molecular complexity index is 623. The molecule has 0 aromatic heterocycles. The van der Waals surface area contributed by atoms with Crippen molar-refractivity contribution in [3.05, 3.63) is 53.3 Å². The van der Waals surface area contributed by atoms with Crippen molar-refractivity contribution in [1.82, 2.24) is 5.32 Å². The van der Waals surface area contributed by atoms with Gasteiger partial charge in [0, 0.05) is 12.6 Å². The van der Waals surface area contributed by atoms with Crippen LogP contribution < -0.4 is 10.1 Å². The summed E-state index contributed by atoms with van der Waals surface area (Å²) in [6.45, 7) is 6.82. The summed E-state index contributed by atoms with van der Waals surface area (Å²) in [5.41, 5.74) is 4.17. The first-order chi connectivity index (χ1) is 10.0. The molecular weight excluding hydrogens is 265 g/mol. The van der Waals surface area contributed by atoms with Crippen molar-refractivity contribution in [3.63, 3.8) is 0 Å². The fourth-order valence-electron chi connectivity index (χ4n) is 2.35. The summed E-state index contributed by atoms with van der Waals surface area (Å²) in [6.07, 6.45) is 0. The molecule has 0 aliphatic carbocycles. The molecule has 0 heterocycles. The van der Waals surface area contributed by atoms with Crippen molar-refractivity contribution in [2.75, 3.05) is 7.11 Å². The van der Waals surface area contributed by atoms with E-state index in [1.807, 2.05) is 25.1 Å². The van der Waals surface area contributed by atoms with Crippen LogP contribution in [-0.4, -0.2) is 13.2 Å². The highest BCUT2D eigenvalue weighted by atomic mass is 19.1. The van der Waals surface area contributed by atoms with E-state index in [0.717, 1.165) is 28.0 Å². The third-order valence-corrected chi connectivity index (χ3v) is 3.47. The van der Waals surface area contributed by atoms with Crippen LogP contribution in [0.15, 0.2) is 36.4 Å². The number of hydrogen-bond donors (Lipinski definition) is 1. The van der Waals surface area contributed by atoms with Crippen LogP contribution in [0.2, 0.25) is 0 Å². The van der Waals surface area contributed by atoms with Crippen molar-refractivity contribution < 1.29 is 9.13 Å². The number of halogens is 1. The lowest BCUT2D eigenvalue weighted by atomic mass is 9.97. The molecule has 0 saturated carbocycles. The van der Waals surface area contributed by atoms with E-state index in [-0.39, 0.29) is 5.82 Å². The largest absolute Gasteiger partial charge is 0.496 e. The van der Waals surface area contributed by atoms with Gasteiger partial charge >= 0.3 is 0 Å². The highest BCUT2D eigenvalue weighted by Gasteiger charge is 2.09. The summed E-state index contributed by atoms with van der Waals surface area (Å²) in [7, 11) is 1.66. The van der Waals surface area contributed by atoms with E-state index < -0.39 is 0 Å². The van der Waals surface area contributed by atoms with Crippen molar-refractivity contribution >= 4 is 0 Å². The lowest BCUT2D eigenvalue weighted by molar-refractivity contribution is 0.412. The zero-order valence-corrected chi connectivity index (χ0v) is 13.0. The van der Waals surface area contributed by atoms with Crippen molar-refractivity contribution in [1.29, 1.82) is 0 Å².